The average molecular weight is 622 g/mol. The Morgan fingerprint density at radius 3 is 2.36 bits per heavy atom. The molecule has 0 aliphatic carbocycles. The molecule has 228 valence electrons. The summed E-state index contributed by atoms with van der Waals surface area (Å²) in [6.45, 7) is 0.946. The maximum absolute atomic E-state index is 13.5. The van der Waals surface area contributed by atoms with E-state index >= 15 is 0 Å². The molecule has 1 N–H and O–H groups in total. The zero-order valence-corrected chi connectivity index (χ0v) is 25.3. The molecule has 0 aliphatic rings. The summed E-state index contributed by atoms with van der Waals surface area (Å²) < 4.78 is 13.6. The highest BCUT2D eigenvalue weighted by molar-refractivity contribution is 6.32. The molecule has 11 heteroatoms. The largest absolute Gasteiger partial charge is 0.490 e. The second-order valence-electron chi connectivity index (χ2n) is 10.1. The van der Waals surface area contributed by atoms with E-state index < -0.39 is 6.04 Å². The molecule has 10 nitrogen and oxygen atoms in total. The lowest BCUT2D eigenvalue weighted by Crippen LogP contribution is -2.41. The van der Waals surface area contributed by atoms with Gasteiger partial charge in [-0.15, -0.1) is 5.10 Å². The molecule has 1 unspecified atom stereocenters. The lowest BCUT2D eigenvalue weighted by atomic mass is 10.1. The van der Waals surface area contributed by atoms with E-state index in [1.54, 1.807) is 41.1 Å². The Bertz CT molecular complexity index is 1690. The van der Waals surface area contributed by atoms with E-state index in [1.807, 2.05) is 77.7 Å². The van der Waals surface area contributed by atoms with Crippen molar-refractivity contribution >= 4 is 23.2 Å². The van der Waals surface area contributed by atoms with Gasteiger partial charge in [-0.3, -0.25) is 9.69 Å². The van der Waals surface area contributed by atoms with Crippen LogP contribution in [0.3, 0.4) is 0 Å². The maximum atomic E-state index is 13.5. The van der Waals surface area contributed by atoms with Gasteiger partial charge in [-0.2, -0.15) is 5.26 Å². The van der Waals surface area contributed by atoms with Gasteiger partial charge in [0.2, 0.25) is 5.91 Å². The van der Waals surface area contributed by atoms with Gasteiger partial charge in [0.15, 0.2) is 5.82 Å². The Balaban J connectivity index is 1.36. The van der Waals surface area contributed by atoms with Crippen LogP contribution in [0.15, 0.2) is 109 Å². The van der Waals surface area contributed by atoms with Crippen molar-refractivity contribution in [1.29, 1.82) is 5.26 Å². The summed E-state index contributed by atoms with van der Waals surface area (Å²) in [6.07, 6.45) is 0.895. The normalized spacial score (nSPS) is 11.5. The number of nitriles is 1. The standard InChI is InChI=1S/C34H32ClN7O3/c35-30-14-7-8-15-32(30)44-25-31(34-38-39-40-42(34)22-9-21-36)41(23-20-26-10-3-1-4-11-26)24-33(43)37-27-16-18-29(19-17-27)45-28-12-5-2-6-13-28/h1-8,10-19,31H,9,20,22-25H2,(H,37,43). The number of tetrazole rings is 1. The molecule has 0 saturated carbocycles. The van der Waals surface area contributed by atoms with Crippen molar-refractivity contribution in [3.05, 3.63) is 126 Å². The number of anilines is 1. The maximum Gasteiger partial charge on any atom is 0.238 e. The highest BCUT2D eigenvalue weighted by Gasteiger charge is 2.29. The molecule has 0 spiro atoms. The van der Waals surface area contributed by atoms with Crippen LogP contribution in [0.5, 0.6) is 17.2 Å². The summed E-state index contributed by atoms with van der Waals surface area (Å²) in [5.41, 5.74) is 1.75. The number of hydrogen-bond donors (Lipinski definition) is 1. The topological polar surface area (TPSA) is 118 Å². The summed E-state index contributed by atoms with van der Waals surface area (Å²) in [4.78, 5) is 15.5. The second-order valence-corrected chi connectivity index (χ2v) is 10.5. The number of aromatic nitrogens is 4. The molecular weight excluding hydrogens is 590 g/mol. The monoisotopic (exact) mass is 621 g/mol. The number of nitrogens with one attached hydrogen (secondary N) is 1. The molecule has 0 bridgehead atoms. The Morgan fingerprint density at radius 2 is 1.62 bits per heavy atom. The van der Waals surface area contributed by atoms with E-state index in [4.69, 9.17) is 21.1 Å². The van der Waals surface area contributed by atoms with Crippen molar-refractivity contribution < 1.29 is 14.3 Å². The van der Waals surface area contributed by atoms with Gasteiger partial charge in [0.1, 0.15) is 29.9 Å². The molecule has 1 heterocycles. The number of carbonyl (C=O) groups excluding carboxylic acids is 1. The van der Waals surface area contributed by atoms with E-state index in [1.165, 1.54) is 0 Å². The highest BCUT2D eigenvalue weighted by Crippen LogP contribution is 2.27. The number of para-hydroxylation sites is 2. The lowest BCUT2D eigenvalue weighted by molar-refractivity contribution is -0.118. The molecular formula is C34H32ClN7O3. The third-order valence-corrected chi connectivity index (χ3v) is 7.27. The van der Waals surface area contributed by atoms with Crippen LogP contribution in [0.1, 0.15) is 23.9 Å². The number of nitrogens with zero attached hydrogens (tertiary/aromatic N) is 6. The first-order valence-electron chi connectivity index (χ1n) is 14.5. The van der Waals surface area contributed by atoms with Crippen LogP contribution in [-0.2, 0) is 17.8 Å². The molecule has 1 aromatic heterocycles. The zero-order valence-electron chi connectivity index (χ0n) is 24.5. The lowest BCUT2D eigenvalue weighted by Gasteiger charge is -2.30. The molecule has 5 aromatic rings. The van der Waals surface area contributed by atoms with E-state index in [2.05, 4.69) is 26.9 Å². The van der Waals surface area contributed by atoms with Crippen molar-refractivity contribution in [2.45, 2.75) is 25.4 Å². The molecule has 5 rings (SSSR count). The molecule has 1 atom stereocenters. The molecule has 4 aromatic carbocycles. The Hall–Kier alpha value is -5.24. The fourth-order valence-electron chi connectivity index (χ4n) is 4.72. The molecule has 1 amide bonds. The average Bonchev–Trinajstić information content (AvgIpc) is 3.53. The van der Waals surface area contributed by atoms with Crippen molar-refractivity contribution in [1.82, 2.24) is 25.1 Å². The highest BCUT2D eigenvalue weighted by atomic mass is 35.5. The van der Waals surface area contributed by atoms with Crippen LogP contribution < -0.4 is 14.8 Å². The predicted octanol–water partition coefficient (Wildman–Crippen LogP) is 6.34. The smallest absolute Gasteiger partial charge is 0.238 e. The fourth-order valence-corrected chi connectivity index (χ4v) is 4.91. The molecule has 0 fully saturated rings. The van der Waals surface area contributed by atoms with E-state index in [-0.39, 0.29) is 25.5 Å². The minimum atomic E-state index is -0.536. The number of halogens is 1. The quantitative estimate of drug-likeness (QED) is 0.144. The number of amides is 1. The number of rotatable bonds is 15. The van der Waals surface area contributed by atoms with E-state index in [0.29, 0.717) is 47.5 Å². The molecule has 0 aliphatic heterocycles. The SMILES string of the molecule is N#CCCn1nnnc1C(COc1ccccc1Cl)N(CCc1ccccc1)CC(=O)Nc1ccc(Oc2ccccc2)cc1. The van der Waals surface area contributed by atoms with Crippen LogP contribution >= 0.6 is 11.6 Å². The van der Waals surface area contributed by atoms with E-state index in [9.17, 15) is 10.1 Å². The van der Waals surface area contributed by atoms with Crippen LogP contribution in [0.25, 0.3) is 0 Å². The second kappa shape index (κ2) is 16.0. The number of carbonyl (C=O) groups is 1. The Kier molecular flexibility index (Phi) is 11.1. The van der Waals surface area contributed by atoms with Gasteiger partial charge < -0.3 is 14.8 Å². The third kappa shape index (κ3) is 9.13. The zero-order chi connectivity index (χ0) is 31.3. The first-order chi connectivity index (χ1) is 22.1. The summed E-state index contributed by atoms with van der Waals surface area (Å²) in [7, 11) is 0. The van der Waals surface area contributed by atoms with Crippen molar-refractivity contribution in [2.75, 3.05) is 25.0 Å². The van der Waals surface area contributed by atoms with Gasteiger partial charge in [-0.1, -0.05) is 72.3 Å². The van der Waals surface area contributed by atoms with E-state index in [0.717, 1.165) is 11.3 Å². The minimum Gasteiger partial charge on any atom is -0.490 e. The first-order valence-corrected chi connectivity index (χ1v) is 14.9. The van der Waals surface area contributed by atoms with Crippen molar-refractivity contribution in [2.24, 2.45) is 0 Å². The number of hydrogen-bond acceptors (Lipinski definition) is 8. The van der Waals surface area contributed by atoms with Crippen LogP contribution in [0, 0.1) is 11.3 Å². The number of benzene rings is 4. The van der Waals surface area contributed by atoms with Crippen LogP contribution in [0.2, 0.25) is 5.02 Å². The van der Waals surface area contributed by atoms with Gasteiger partial charge in [-0.25, -0.2) is 4.68 Å². The van der Waals surface area contributed by atoms with Crippen molar-refractivity contribution in [3.63, 3.8) is 0 Å². The summed E-state index contributed by atoms with van der Waals surface area (Å²) in [5, 5.41) is 25.0. The van der Waals surface area contributed by atoms with Crippen LogP contribution in [0.4, 0.5) is 5.69 Å². The van der Waals surface area contributed by atoms with Gasteiger partial charge >= 0.3 is 0 Å². The third-order valence-electron chi connectivity index (χ3n) is 6.96. The Morgan fingerprint density at radius 1 is 0.933 bits per heavy atom. The predicted molar refractivity (Wildman–Crippen MR) is 171 cm³/mol. The number of ether oxygens (including phenoxy) is 2. The van der Waals surface area contributed by atoms with Gasteiger partial charge in [0.25, 0.3) is 0 Å². The molecule has 0 saturated heterocycles. The summed E-state index contributed by atoms with van der Waals surface area (Å²) in [6, 6.07) is 35.5. The summed E-state index contributed by atoms with van der Waals surface area (Å²) in [5.74, 6) is 2.15. The van der Waals surface area contributed by atoms with Gasteiger partial charge in [0, 0.05) is 12.2 Å². The van der Waals surface area contributed by atoms with Gasteiger partial charge in [0.05, 0.1) is 30.6 Å². The van der Waals surface area contributed by atoms with Crippen LogP contribution in [-0.4, -0.2) is 50.7 Å². The summed E-state index contributed by atoms with van der Waals surface area (Å²) >= 11 is 6.39. The molecule has 0 radical (unpaired) electrons. The van der Waals surface area contributed by atoms with Gasteiger partial charge in [-0.05, 0) is 70.9 Å². The first kappa shape index (κ1) is 31.2. The molecule has 45 heavy (non-hydrogen) atoms. The number of aryl methyl sites for hydroxylation is 1. The fraction of sp³-hybridized carbons (Fsp3) is 0.206. The minimum absolute atomic E-state index is 0.0246. The van der Waals surface area contributed by atoms with Crippen molar-refractivity contribution in [3.8, 4) is 23.3 Å². The Labute approximate surface area is 266 Å².